The molecule has 110 valence electrons. The molecule has 0 aromatic rings. The van der Waals surface area contributed by atoms with Crippen LogP contribution in [0, 0.1) is 0 Å². The highest BCUT2D eigenvalue weighted by atomic mass is 14.8. The van der Waals surface area contributed by atoms with Gasteiger partial charge in [0.15, 0.2) is 0 Å². The topological polar surface area (TPSA) is 12.0 Å². The predicted molar refractivity (Wildman–Crippen MR) is 86.3 cm³/mol. The lowest BCUT2D eigenvalue weighted by atomic mass is 10.1. The number of unbranched alkanes of at least 4 members (excludes halogenated alkanes) is 8. The zero-order chi connectivity index (χ0) is 13.9. The molecule has 0 bridgehead atoms. The molecule has 0 aromatic carbocycles. The third kappa shape index (κ3) is 24.8. The summed E-state index contributed by atoms with van der Waals surface area (Å²) < 4.78 is 0. The van der Waals surface area contributed by atoms with Gasteiger partial charge in [-0.05, 0) is 32.9 Å². The minimum atomic E-state index is 1.23. The summed E-state index contributed by atoms with van der Waals surface area (Å²) in [5, 5.41) is 3.54. The van der Waals surface area contributed by atoms with Crippen LogP contribution in [0.1, 0.15) is 85.0 Å². The molecular weight excluding hydrogens is 218 g/mol. The second-order valence-electron chi connectivity index (χ2n) is 4.99. The van der Waals surface area contributed by atoms with Gasteiger partial charge in [-0.2, -0.15) is 0 Å². The Morgan fingerprint density at radius 2 is 1.06 bits per heavy atom. The number of nitrogens with one attached hydrogen (secondary N) is 1. The fourth-order valence-corrected chi connectivity index (χ4v) is 1.83. The second kappa shape index (κ2) is 21.9. The first-order valence-corrected chi connectivity index (χ1v) is 8.11. The van der Waals surface area contributed by atoms with Crippen molar-refractivity contribution in [3.8, 4) is 0 Å². The fraction of sp³-hybridized carbons (Fsp3) is 0.882. The molecule has 0 unspecified atom stereocenters. The zero-order valence-corrected chi connectivity index (χ0v) is 13.3. The maximum Gasteiger partial charge on any atom is -0.00489 e. The Hall–Kier alpha value is -0.300. The van der Waals surface area contributed by atoms with E-state index in [9.17, 15) is 0 Å². The van der Waals surface area contributed by atoms with Crippen molar-refractivity contribution >= 4 is 0 Å². The molecule has 0 spiro atoms. The van der Waals surface area contributed by atoms with E-state index in [0.717, 1.165) is 0 Å². The first-order chi connectivity index (χ1) is 8.83. The van der Waals surface area contributed by atoms with Crippen LogP contribution < -0.4 is 5.32 Å². The van der Waals surface area contributed by atoms with Crippen molar-refractivity contribution in [2.24, 2.45) is 0 Å². The van der Waals surface area contributed by atoms with Gasteiger partial charge in [-0.25, -0.2) is 0 Å². The van der Waals surface area contributed by atoms with Crippen molar-refractivity contribution in [3.63, 3.8) is 0 Å². The molecule has 0 heterocycles. The van der Waals surface area contributed by atoms with Gasteiger partial charge in [-0.1, -0.05) is 71.3 Å². The minimum absolute atomic E-state index is 1.23. The summed E-state index contributed by atoms with van der Waals surface area (Å²) in [6.45, 7) is 12.3. The van der Waals surface area contributed by atoms with Crippen LogP contribution in [0.5, 0.6) is 0 Å². The molecule has 0 fully saturated rings. The first kappa shape index (κ1) is 20.0. The van der Waals surface area contributed by atoms with Crippen LogP contribution in [0.4, 0.5) is 0 Å². The molecule has 1 N–H and O–H groups in total. The second-order valence-corrected chi connectivity index (χ2v) is 4.99. The van der Waals surface area contributed by atoms with Crippen LogP contribution in [-0.2, 0) is 0 Å². The lowest BCUT2D eigenvalue weighted by Crippen LogP contribution is -2.16. The summed E-state index contributed by atoms with van der Waals surface area (Å²) in [5.41, 5.74) is 0. The van der Waals surface area contributed by atoms with Gasteiger partial charge in [0.1, 0.15) is 0 Å². The van der Waals surface area contributed by atoms with E-state index in [-0.39, 0.29) is 0 Å². The van der Waals surface area contributed by atoms with Gasteiger partial charge < -0.3 is 5.32 Å². The molecule has 1 nitrogen and oxygen atoms in total. The molecule has 0 radical (unpaired) electrons. The Labute approximate surface area is 116 Å². The Kier molecular flexibility index (Phi) is 24.4. The molecule has 1 heteroatoms. The van der Waals surface area contributed by atoms with Crippen LogP contribution in [0.25, 0.3) is 0 Å². The van der Waals surface area contributed by atoms with E-state index in [0.29, 0.717) is 0 Å². The Balaban J connectivity index is 0. The van der Waals surface area contributed by atoms with Gasteiger partial charge >= 0.3 is 0 Å². The molecule has 0 amide bonds. The molecule has 0 aliphatic heterocycles. The van der Waals surface area contributed by atoms with Crippen molar-refractivity contribution in [3.05, 3.63) is 12.7 Å². The minimum Gasteiger partial charge on any atom is -0.317 e. The molecule has 0 aliphatic carbocycles. The van der Waals surface area contributed by atoms with Crippen LogP contribution in [0.2, 0.25) is 0 Å². The van der Waals surface area contributed by atoms with E-state index in [2.05, 4.69) is 25.7 Å². The number of allylic oxidation sites excluding steroid dienone is 1. The summed E-state index contributed by atoms with van der Waals surface area (Å²) in [7, 11) is 0. The van der Waals surface area contributed by atoms with Crippen molar-refractivity contribution < 1.29 is 0 Å². The zero-order valence-electron chi connectivity index (χ0n) is 13.3. The van der Waals surface area contributed by atoms with E-state index in [1.165, 1.54) is 77.3 Å². The summed E-state index contributed by atoms with van der Waals surface area (Å²) in [6, 6.07) is 0. The first-order valence-electron chi connectivity index (χ1n) is 8.11. The molecule has 0 aromatic heterocycles. The van der Waals surface area contributed by atoms with Gasteiger partial charge in [0.2, 0.25) is 0 Å². The standard InChI is InChI=1S/C14H31N.C3H6/c1-3-5-7-9-11-13-15-14-12-10-8-6-4-2;1-3-2/h15H,3-14H2,1-2H3;3H,1H2,2H3. The highest BCUT2D eigenvalue weighted by Gasteiger charge is 1.90. The van der Waals surface area contributed by atoms with E-state index in [1.54, 1.807) is 6.08 Å². The van der Waals surface area contributed by atoms with Gasteiger partial charge in [-0.15, -0.1) is 6.58 Å². The van der Waals surface area contributed by atoms with E-state index < -0.39 is 0 Å². The maximum atomic E-state index is 3.54. The highest BCUT2D eigenvalue weighted by Crippen LogP contribution is 2.02. The Morgan fingerprint density at radius 3 is 1.39 bits per heavy atom. The third-order valence-corrected chi connectivity index (χ3v) is 2.91. The normalized spacial score (nSPS) is 9.72. The van der Waals surface area contributed by atoms with Gasteiger partial charge in [0.25, 0.3) is 0 Å². The molecule has 0 aliphatic rings. The monoisotopic (exact) mass is 255 g/mol. The molecular formula is C17H37N. The van der Waals surface area contributed by atoms with Gasteiger partial charge in [-0.3, -0.25) is 0 Å². The SMILES string of the molecule is C=CC.CCCCCCCNCCCCCCC. The molecule has 0 saturated heterocycles. The average Bonchev–Trinajstić information content (AvgIpc) is 2.37. The quantitative estimate of drug-likeness (QED) is 0.348. The summed E-state index contributed by atoms with van der Waals surface area (Å²) in [6.07, 6.45) is 15.7. The molecule has 18 heavy (non-hydrogen) atoms. The van der Waals surface area contributed by atoms with Crippen molar-refractivity contribution in [1.82, 2.24) is 5.32 Å². The number of hydrogen-bond donors (Lipinski definition) is 1. The summed E-state index contributed by atoms with van der Waals surface area (Å²) in [5.74, 6) is 0. The summed E-state index contributed by atoms with van der Waals surface area (Å²) in [4.78, 5) is 0. The van der Waals surface area contributed by atoms with Crippen LogP contribution in [-0.4, -0.2) is 13.1 Å². The molecule has 0 saturated carbocycles. The van der Waals surface area contributed by atoms with Crippen LogP contribution in [0.15, 0.2) is 12.7 Å². The smallest absolute Gasteiger partial charge is 0.00489 e. The van der Waals surface area contributed by atoms with E-state index in [4.69, 9.17) is 0 Å². The van der Waals surface area contributed by atoms with Crippen molar-refractivity contribution in [2.75, 3.05) is 13.1 Å². The van der Waals surface area contributed by atoms with E-state index in [1.807, 2.05) is 6.92 Å². The van der Waals surface area contributed by atoms with E-state index >= 15 is 0 Å². The van der Waals surface area contributed by atoms with Gasteiger partial charge in [0, 0.05) is 0 Å². The van der Waals surface area contributed by atoms with Crippen LogP contribution >= 0.6 is 0 Å². The average molecular weight is 255 g/mol. The van der Waals surface area contributed by atoms with Crippen molar-refractivity contribution in [1.29, 1.82) is 0 Å². The summed E-state index contributed by atoms with van der Waals surface area (Å²) >= 11 is 0. The predicted octanol–water partition coefficient (Wildman–Crippen LogP) is 5.71. The fourth-order valence-electron chi connectivity index (χ4n) is 1.83. The molecule has 0 rings (SSSR count). The lowest BCUT2D eigenvalue weighted by molar-refractivity contribution is 0.552. The lowest BCUT2D eigenvalue weighted by Gasteiger charge is -2.04. The van der Waals surface area contributed by atoms with Crippen molar-refractivity contribution in [2.45, 2.75) is 85.0 Å². The number of hydrogen-bond acceptors (Lipinski definition) is 1. The van der Waals surface area contributed by atoms with Crippen LogP contribution in [0.3, 0.4) is 0 Å². The highest BCUT2D eigenvalue weighted by molar-refractivity contribution is 4.51. The Morgan fingerprint density at radius 1 is 0.722 bits per heavy atom. The molecule has 0 atom stereocenters. The number of rotatable bonds is 12. The Bertz CT molecular complexity index is 120. The maximum absolute atomic E-state index is 3.54. The largest absolute Gasteiger partial charge is 0.317 e. The van der Waals surface area contributed by atoms with Gasteiger partial charge in [0.05, 0.1) is 0 Å². The third-order valence-electron chi connectivity index (χ3n) is 2.91.